The van der Waals surface area contributed by atoms with Crippen molar-refractivity contribution in [3.05, 3.63) is 75.8 Å². The first-order valence-corrected chi connectivity index (χ1v) is 10.8. The number of H-pyrrole nitrogens is 1. The maximum atomic E-state index is 13.0. The van der Waals surface area contributed by atoms with Gasteiger partial charge in [0.2, 0.25) is 0 Å². The number of piperazine rings is 1. The summed E-state index contributed by atoms with van der Waals surface area (Å²) in [6, 6.07) is 15.8. The first-order chi connectivity index (χ1) is 15.0. The van der Waals surface area contributed by atoms with Crippen LogP contribution in [0.15, 0.2) is 59.5 Å². The van der Waals surface area contributed by atoms with Crippen LogP contribution < -0.4 is 10.5 Å². The van der Waals surface area contributed by atoms with Crippen LogP contribution in [0.25, 0.3) is 27.7 Å². The van der Waals surface area contributed by atoms with E-state index in [4.69, 9.17) is 11.6 Å². The molecular weight excluding hydrogens is 410 g/mol. The van der Waals surface area contributed by atoms with Gasteiger partial charge < -0.3 is 9.80 Å². The quantitative estimate of drug-likeness (QED) is 0.528. The molecule has 5 rings (SSSR count). The summed E-state index contributed by atoms with van der Waals surface area (Å²) in [5.41, 5.74) is 5.50. The average molecular weight is 434 g/mol. The van der Waals surface area contributed by atoms with Gasteiger partial charge in [-0.3, -0.25) is 14.9 Å². The van der Waals surface area contributed by atoms with Crippen molar-refractivity contribution in [2.24, 2.45) is 0 Å². The Morgan fingerprint density at radius 3 is 2.26 bits per heavy atom. The van der Waals surface area contributed by atoms with E-state index < -0.39 is 0 Å². The van der Waals surface area contributed by atoms with Crippen LogP contribution in [0.4, 0.5) is 5.69 Å². The van der Waals surface area contributed by atoms with Crippen molar-refractivity contribution in [2.75, 3.05) is 38.1 Å². The first-order valence-electron chi connectivity index (χ1n) is 10.4. The van der Waals surface area contributed by atoms with Gasteiger partial charge in [0.1, 0.15) is 0 Å². The van der Waals surface area contributed by atoms with Crippen LogP contribution in [0, 0.1) is 6.92 Å². The Bertz CT molecular complexity index is 1280. The molecule has 1 saturated heterocycles. The zero-order valence-corrected chi connectivity index (χ0v) is 18.4. The molecule has 7 heteroatoms. The van der Waals surface area contributed by atoms with Gasteiger partial charge in [0, 0.05) is 54.3 Å². The first kappa shape index (κ1) is 19.8. The molecule has 0 amide bonds. The van der Waals surface area contributed by atoms with Crippen molar-refractivity contribution < 1.29 is 0 Å². The molecule has 1 fully saturated rings. The number of nitrogens with zero attached hydrogens (tertiary/aromatic N) is 4. The van der Waals surface area contributed by atoms with Crippen molar-refractivity contribution in [1.82, 2.24) is 19.7 Å². The number of hydrogen-bond acceptors (Lipinski definition) is 4. The standard InChI is InChI=1S/C24H24ClN5O/c1-16-22(17-3-7-19(8-4-17)29-13-11-28(2)12-14-29)23-21(15-26-16)24(31)30(27-23)20-9-5-18(25)6-10-20/h3-10,15,27H,11-14H2,1-2H3. The Balaban J connectivity index is 1.56. The molecule has 31 heavy (non-hydrogen) atoms. The zero-order valence-electron chi connectivity index (χ0n) is 17.6. The number of nitrogens with one attached hydrogen (secondary N) is 1. The number of likely N-dealkylation sites (N-methyl/N-ethyl adjacent to an activating group) is 1. The van der Waals surface area contributed by atoms with Crippen molar-refractivity contribution in [3.8, 4) is 16.8 Å². The predicted molar refractivity (Wildman–Crippen MR) is 127 cm³/mol. The summed E-state index contributed by atoms with van der Waals surface area (Å²) in [6.45, 7) is 6.18. The molecule has 0 unspecified atom stereocenters. The van der Waals surface area contributed by atoms with Gasteiger partial charge in [0.25, 0.3) is 5.56 Å². The second-order valence-corrected chi connectivity index (χ2v) is 8.51. The van der Waals surface area contributed by atoms with E-state index in [-0.39, 0.29) is 5.56 Å². The van der Waals surface area contributed by atoms with Crippen molar-refractivity contribution in [1.29, 1.82) is 0 Å². The van der Waals surface area contributed by atoms with E-state index in [0.717, 1.165) is 54.2 Å². The number of hydrogen-bond donors (Lipinski definition) is 1. The van der Waals surface area contributed by atoms with Crippen molar-refractivity contribution in [2.45, 2.75) is 6.92 Å². The SMILES string of the molecule is Cc1ncc2c(=O)n(-c3ccc(Cl)cc3)[nH]c2c1-c1ccc(N2CCN(C)CC2)cc1. The van der Waals surface area contributed by atoms with Gasteiger partial charge in [-0.25, -0.2) is 4.68 Å². The fraction of sp³-hybridized carbons (Fsp3) is 0.250. The molecule has 0 saturated carbocycles. The number of rotatable bonds is 3. The third-order valence-electron chi connectivity index (χ3n) is 6.03. The molecule has 4 aromatic rings. The predicted octanol–water partition coefficient (Wildman–Crippen LogP) is 4.09. The van der Waals surface area contributed by atoms with E-state index in [1.807, 2.05) is 19.1 Å². The highest BCUT2D eigenvalue weighted by atomic mass is 35.5. The molecule has 1 aliphatic rings. The second kappa shape index (κ2) is 7.87. The number of fused-ring (bicyclic) bond motifs is 1. The highest BCUT2D eigenvalue weighted by Gasteiger charge is 2.18. The lowest BCUT2D eigenvalue weighted by Crippen LogP contribution is -2.44. The Labute approximate surface area is 185 Å². The maximum Gasteiger partial charge on any atom is 0.280 e. The lowest BCUT2D eigenvalue weighted by molar-refractivity contribution is 0.313. The monoisotopic (exact) mass is 433 g/mol. The van der Waals surface area contributed by atoms with E-state index in [2.05, 4.69) is 51.2 Å². The minimum Gasteiger partial charge on any atom is -0.369 e. The molecule has 0 atom stereocenters. The minimum atomic E-state index is -0.125. The third-order valence-corrected chi connectivity index (χ3v) is 6.29. The topological polar surface area (TPSA) is 57.2 Å². The molecule has 0 radical (unpaired) electrons. The van der Waals surface area contributed by atoms with Gasteiger partial charge in [0.15, 0.2) is 0 Å². The summed E-state index contributed by atoms with van der Waals surface area (Å²) in [5.74, 6) is 0. The van der Waals surface area contributed by atoms with Crippen LogP contribution in [0.5, 0.6) is 0 Å². The lowest BCUT2D eigenvalue weighted by atomic mass is 10.0. The number of benzene rings is 2. The van der Waals surface area contributed by atoms with E-state index in [0.29, 0.717) is 10.4 Å². The minimum absolute atomic E-state index is 0.125. The molecule has 0 aliphatic carbocycles. The molecule has 0 spiro atoms. The maximum absolute atomic E-state index is 13.0. The highest BCUT2D eigenvalue weighted by molar-refractivity contribution is 6.30. The number of halogens is 1. The molecule has 0 bridgehead atoms. The van der Waals surface area contributed by atoms with Gasteiger partial charge in [-0.2, -0.15) is 0 Å². The Morgan fingerprint density at radius 1 is 0.935 bits per heavy atom. The highest BCUT2D eigenvalue weighted by Crippen LogP contribution is 2.30. The van der Waals surface area contributed by atoms with E-state index in [9.17, 15) is 4.79 Å². The van der Waals surface area contributed by atoms with Crippen LogP contribution >= 0.6 is 11.6 Å². The van der Waals surface area contributed by atoms with Gasteiger partial charge in [-0.05, 0) is 55.9 Å². The molecular formula is C24H24ClN5O. The van der Waals surface area contributed by atoms with Crippen LogP contribution in [0.3, 0.4) is 0 Å². The summed E-state index contributed by atoms with van der Waals surface area (Å²) < 4.78 is 1.55. The summed E-state index contributed by atoms with van der Waals surface area (Å²) in [5, 5.41) is 4.49. The Hall–Kier alpha value is -3.09. The largest absolute Gasteiger partial charge is 0.369 e. The summed E-state index contributed by atoms with van der Waals surface area (Å²) in [6.07, 6.45) is 1.65. The summed E-state index contributed by atoms with van der Waals surface area (Å²) in [4.78, 5) is 22.3. The van der Waals surface area contributed by atoms with Gasteiger partial charge in [-0.1, -0.05) is 23.7 Å². The molecule has 3 heterocycles. The van der Waals surface area contributed by atoms with Crippen LogP contribution in [-0.2, 0) is 0 Å². The third kappa shape index (κ3) is 3.62. The fourth-order valence-corrected chi connectivity index (χ4v) is 4.32. The zero-order chi connectivity index (χ0) is 21.5. The Morgan fingerprint density at radius 2 is 1.58 bits per heavy atom. The van der Waals surface area contributed by atoms with E-state index >= 15 is 0 Å². The molecule has 1 N–H and O–H groups in total. The van der Waals surface area contributed by atoms with Crippen LogP contribution in [-0.4, -0.2) is 52.9 Å². The summed E-state index contributed by atoms with van der Waals surface area (Å²) in [7, 11) is 2.16. The molecule has 158 valence electrons. The fourth-order valence-electron chi connectivity index (χ4n) is 4.20. The molecule has 2 aromatic carbocycles. The summed E-state index contributed by atoms with van der Waals surface area (Å²) >= 11 is 6.01. The van der Waals surface area contributed by atoms with Gasteiger partial charge >= 0.3 is 0 Å². The lowest BCUT2D eigenvalue weighted by Gasteiger charge is -2.34. The van der Waals surface area contributed by atoms with E-state index in [1.165, 1.54) is 5.69 Å². The molecule has 6 nitrogen and oxygen atoms in total. The molecule has 1 aliphatic heterocycles. The average Bonchev–Trinajstić information content (AvgIpc) is 3.11. The number of aryl methyl sites for hydroxylation is 1. The van der Waals surface area contributed by atoms with Gasteiger partial charge in [-0.15, -0.1) is 0 Å². The van der Waals surface area contributed by atoms with Crippen molar-refractivity contribution >= 4 is 28.2 Å². The van der Waals surface area contributed by atoms with Gasteiger partial charge in [0.05, 0.1) is 16.6 Å². The Kier molecular flexibility index (Phi) is 5.04. The number of aromatic nitrogens is 3. The van der Waals surface area contributed by atoms with Crippen LogP contribution in [0.1, 0.15) is 5.69 Å². The molecule has 2 aromatic heterocycles. The van der Waals surface area contributed by atoms with Crippen molar-refractivity contribution in [3.63, 3.8) is 0 Å². The van der Waals surface area contributed by atoms with Crippen LogP contribution in [0.2, 0.25) is 5.02 Å². The van der Waals surface area contributed by atoms with E-state index in [1.54, 1.807) is 23.0 Å². The number of pyridine rings is 1. The number of aromatic amines is 1. The number of anilines is 1. The normalized spacial score (nSPS) is 15.0. The second-order valence-electron chi connectivity index (χ2n) is 8.07. The smallest absolute Gasteiger partial charge is 0.280 e.